The quantitative estimate of drug-likeness (QED) is 0.889. The van der Waals surface area contributed by atoms with Crippen molar-refractivity contribution in [2.75, 3.05) is 13.1 Å². The average Bonchev–Trinajstić information content (AvgIpc) is 2.87. The van der Waals surface area contributed by atoms with Gasteiger partial charge in [0.1, 0.15) is 0 Å². The molecule has 3 atom stereocenters. The minimum absolute atomic E-state index is 0.671. The summed E-state index contributed by atoms with van der Waals surface area (Å²) in [6.07, 6.45) is 6.63. The Balaban J connectivity index is 1.82. The number of piperidine rings is 1. The normalized spacial score (nSPS) is 33.3. The smallest absolute Gasteiger partial charge is 0.0362 e. The van der Waals surface area contributed by atoms with Gasteiger partial charge in [-0.25, -0.2) is 0 Å². The number of thiophene rings is 1. The Hall–Kier alpha value is -0.380. The van der Waals surface area contributed by atoms with E-state index in [4.69, 9.17) is 5.73 Å². The van der Waals surface area contributed by atoms with Gasteiger partial charge >= 0.3 is 0 Å². The number of nitrogens with zero attached hydrogens (tertiary/aromatic N) is 1. The van der Waals surface area contributed by atoms with Crippen LogP contribution < -0.4 is 5.73 Å². The topological polar surface area (TPSA) is 29.3 Å². The highest BCUT2D eigenvalue weighted by molar-refractivity contribution is 7.10. The first-order valence-electron chi connectivity index (χ1n) is 7.31. The zero-order valence-corrected chi connectivity index (χ0v) is 12.1. The van der Waals surface area contributed by atoms with Gasteiger partial charge in [-0.05, 0) is 68.5 Å². The van der Waals surface area contributed by atoms with Gasteiger partial charge in [-0.15, -0.1) is 11.3 Å². The molecule has 2 N–H and O–H groups in total. The molecule has 2 heterocycles. The van der Waals surface area contributed by atoms with E-state index in [9.17, 15) is 0 Å². The van der Waals surface area contributed by atoms with E-state index in [-0.39, 0.29) is 0 Å². The number of hydrogen-bond acceptors (Lipinski definition) is 3. The van der Waals surface area contributed by atoms with Crippen LogP contribution in [0.5, 0.6) is 0 Å². The third-order valence-corrected chi connectivity index (χ3v) is 5.78. The zero-order valence-electron chi connectivity index (χ0n) is 11.3. The fourth-order valence-corrected chi connectivity index (χ4v) is 4.63. The highest BCUT2D eigenvalue weighted by atomic mass is 32.1. The predicted octanol–water partition coefficient (Wildman–Crippen LogP) is 3.18. The number of rotatable bonds is 2. The van der Waals surface area contributed by atoms with Crippen LogP contribution in [0.3, 0.4) is 0 Å². The summed E-state index contributed by atoms with van der Waals surface area (Å²) < 4.78 is 0. The minimum atomic E-state index is 0.671. The molecule has 1 saturated heterocycles. The van der Waals surface area contributed by atoms with Crippen LogP contribution >= 0.6 is 11.3 Å². The first kappa shape index (κ1) is 12.6. The third kappa shape index (κ3) is 2.24. The van der Waals surface area contributed by atoms with Gasteiger partial charge in [-0.1, -0.05) is 0 Å². The second-order valence-corrected chi connectivity index (χ2v) is 6.93. The maximum atomic E-state index is 5.89. The average molecular weight is 264 g/mol. The molecule has 100 valence electrons. The standard InChI is InChI=1S/C15H24N2S/c1-11-5-6-12(9-16)10-17(11)14-3-2-4-15-13(14)7-8-18-15/h7-8,11-12,14H,2-6,9-10,16H2,1H3. The Labute approximate surface area is 114 Å². The van der Waals surface area contributed by atoms with Crippen molar-refractivity contribution < 1.29 is 0 Å². The number of fused-ring (bicyclic) bond motifs is 1. The molecule has 1 aliphatic heterocycles. The van der Waals surface area contributed by atoms with Crippen LogP contribution in [-0.2, 0) is 6.42 Å². The van der Waals surface area contributed by atoms with E-state index < -0.39 is 0 Å². The molecular weight excluding hydrogens is 240 g/mol. The summed E-state index contributed by atoms with van der Waals surface area (Å²) in [5.41, 5.74) is 7.51. The van der Waals surface area contributed by atoms with Crippen LogP contribution in [0.1, 0.15) is 49.1 Å². The van der Waals surface area contributed by atoms with Crippen molar-refractivity contribution in [3.05, 3.63) is 21.9 Å². The van der Waals surface area contributed by atoms with Gasteiger partial charge in [0, 0.05) is 23.5 Å². The first-order chi connectivity index (χ1) is 8.79. The van der Waals surface area contributed by atoms with Crippen molar-refractivity contribution in [2.24, 2.45) is 11.7 Å². The maximum Gasteiger partial charge on any atom is 0.0362 e. The van der Waals surface area contributed by atoms with E-state index >= 15 is 0 Å². The second kappa shape index (κ2) is 5.32. The molecule has 0 bridgehead atoms. The molecule has 0 aromatic carbocycles. The lowest BCUT2D eigenvalue weighted by molar-refractivity contribution is 0.0652. The maximum absolute atomic E-state index is 5.89. The van der Waals surface area contributed by atoms with Gasteiger partial charge in [-0.2, -0.15) is 0 Å². The molecule has 0 radical (unpaired) electrons. The summed E-state index contributed by atoms with van der Waals surface area (Å²) in [7, 11) is 0. The largest absolute Gasteiger partial charge is 0.330 e. The van der Waals surface area contributed by atoms with Crippen molar-refractivity contribution in [3.8, 4) is 0 Å². The molecule has 1 aromatic rings. The monoisotopic (exact) mass is 264 g/mol. The van der Waals surface area contributed by atoms with Crippen LogP contribution in [0.25, 0.3) is 0 Å². The summed E-state index contributed by atoms with van der Waals surface area (Å²) in [5.74, 6) is 0.713. The van der Waals surface area contributed by atoms with Crippen LogP contribution in [0, 0.1) is 5.92 Å². The molecule has 1 aliphatic carbocycles. The molecule has 3 unspecified atom stereocenters. The molecule has 1 fully saturated rings. The molecule has 1 aromatic heterocycles. The molecule has 0 saturated carbocycles. The molecular formula is C15H24N2S. The fourth-order valence-electron chi connectivity index (χ4n) is 3.65. The van der Waals surface area contributed by atoms with Crippen LogP contribution in [0.15, 0.2) is 11.4 Å². The second-order valence-electron chi connectivity index (χ2n) is 5.93. The van der Waals surface area contributed by atoms with E-state index in [1.165, 1.54) is 38.6 Å². The van der Waals surface area contributed by atoms with Crippen LogP contribution in [0.4, 0.5) is 0 Å². The fraction of sp³-hybridized carbons (Fsp3) is 0.733. The molecule has 0 amide bonds. The molecule has 3 heteroatoms. The van der Waals surface area contributed by atoms with Crippen LogP contribution in [-0.4, -0.2) is 24.0 Å². The van der Waals surface area contributed by atoms with Crippen molar-refractivity contribution in [3.63, 3.8) is 0 Å². The van der Waals surface area contributed by atoms with Gasteiger partial charge in [-0.3, -0.25) is 4.90 Å². The van der Waals surface area contributed by atoms with Gasteiger partial charge in [0.25, 0.3) is 0 Å². The summed E-state index contributed by atoms with van der Waals surface area (Å²) in [4.78, 5) is 4.37. The molecule has 3 rings (SSSR count). The summed E-state index contributed by atoms with van der Waals surface area (Å²) in [5, 5.41) is 2.28. The molecule has 0 spiro atoms. The van der Waals surface area contributed by atoms with Crippen molar-refractivity contribution >= 4 is 11.3 Å². The lowest BCUT2D eigenvalue weighted by Crippen LogP contribution is -2.46. The van der Waals surface area contributed by atoms with E-state index in [0.717, 1.165) is 12.6 Å². The lowest BCUT2D eigenvalue weighted by atomic mass is 9.86. The van der Waals surface area contributed by atoms with Crippen LogP contribution in [0.2, 0.25) is 0 Å². The Morgan fingerprint density at radius 3 is 3.11 bits per heavy atom. The summed E-state index contributed by atoms with van der Waals surface area (Å²) >= 11 is 1.95. The molecule has 18 heavy (non-hydrogen) atoms. The number of aryl methyl sites for hydroxylation is 1. The SMILES string of the molecule is CC1CCC(CN)CN1C1CCCc2sccc21. The Kier molecular flexibility index (Phi) is 3.73. The van der Waals surface area contributed by atoms with E-state index in [0.29, 0.717) is 12.0 Å². The molecule has 2 aliphatic rings. The number of likely N-dealkylation sites (tertiary alicyclic amines) is 1. The van der Waals surface area contributed by atoms with Crippen molar-refractivity contribution in [1.82, 2.24) is 4.90 Å². The third-order valence-electron chi connectivity index (χ3n) is 4.78. The van der Waals surface area contributed by atoms with E-state index in [1.54, 1.807) is 10.4 Å². The predicted molar refractivity (Wildman–Crippen MR) is 77.9 cm³/mol. The Bertz CT molecular complexity index is 401. The molecule has 2 nitrogen and oxygen atoms in total. The summed E-state index contributed by atoms with van der Waals surface area (Å²) in [6, 6.07) is 3.76. The van der Waals surface area contributed by atoms with Gasteiger partial charge in [0.05, 0.1) is 0 Å². The van der Waals surface area contributed by atoms with Gasteiger partial charge in [0.2, 0.25) is 0 Å². The highest BCUT2D eigenvalue weighted by Gasteiger charge is 2.33. The van der Waals surface area contributed by atoms with E-state index in [2.05, 4.69) is 23.3 Å². The first-order valence-corrected chi connectivity index (χ1v) is 8.19. The summed E-state index contributed by atoms with van der Waals surface area (Å²) in [6.45, 7) is 4.46. The Morgan fingerprint density at radius 1 is 1.39 bits per heavy atom. The number of hydrogen-bond donors (Lipinski definition) is 1. The van der Waals surface area contributed by atoms with Crippen molar-refractivity contribution in [1.29, 1.82) is 0 Å². The Morgan fingerprint density at radius 2 is 2.28 bits per heavy atom. The lowest BCUT2D eigenvalue weighted by Gasteiger charge is -2.44. The highest BCUT2D eigenvalue weighted by Crippen LogP contribution is 2.40. The van der Waals surface area contributed by atoms with Gasteiger partial charge in [0.15, 0.2) is 0 Å². The van der Waals surface area contributed by atoms with Gasteiger partial charge < -0.3 is 5.73 Å². The van der Waals surface area contributed by atoms with Crippen molar-refractivity contribution in [2.45, 2.75) is 51.1 Å². The minimum Gasteiger partial charge on any atom is -0.330 e. The zero-order chi connectivity index (χ0) is 12.5. The number of nitrogens with two attached hydrogens (primary N) is 1. The van der Waals surface area contributed by atoms with E-state index in [1.807, 2.05) is 11.3 Å².